The minimum absolute atomic E-state index is 0.0246. The molecule has 0 spiro atoms. The topological polar surface area (TPSA) is 54.3 Å². The zero-order valence-electron chi connectivity index (χ0n) is 18.3. The third kappa shape index (κ3) is 4.36. The zero-order chi connectivity index (χ0) is 21.9. The van der Waals surface area contributed by atoms with Crippen molar-refractivity contribution in [3.8, 4) is 0 Å². The maximum absolute atomic E-state index is 12.5. The quantitative estimate of drug-likeness (QED) is 0.256. The highest BCUT2D eigenvalue weighted by molar-refractivity contribution is 7.99. The van der Waals surface area contributed by atoms with Gasteiger partial charge >= 0.3 is 0 Å². The van der Waals surface area contributed by atoms with E-state index in [-0.39, 0.29) is 5.56 Å². The van der Waals surface area contributed by atoms with Crippen molar-refractivity contribution in [3.05, 3.63) is 71.0 Å². The minimum atomic E-state index is 0.0246. The number of benzene rings is 2. The molecule has 0 unspecified atom stereocenters. The van der Waals surface area contributed by atoms with E-state index >= 15 is 0 Å². The number of nitrogens with zero attached hydrogens (tertiary/aromatic N) is 5. The Balaban J connectivity index is 1.12. The summed E-state index contributed by atoms with van der Waals surface area (Å²) in [7, 11) is 1.81. The first kappa shape index (κ1) is 21.0. The van der Waals surface area contributed by atoms with Gasteiger partial charge in [-0.25, -0.2) is 9.97 Å². The summed E-state index contributed by atoms with van der Waals surface area (Å²) >= 11 is 1.67. The first-order valence-electron chi connectivity index (χ1n) is 11.1. The van der Waals surface area contributed by atoms with Gasteiger partial charge in [-0.15, -0.1) is 0 Å². The van der Waals surface area contributed by atoms with E-state index in [2.05, 4.69) is 45.1 Å². The summed E-state index contributed by atoms with van der Waals surface area (Å²) in [6.45, 7) is 5.16. The third-order valence-corrected chi connectivity index (χ3v) is 7.19. The molecule has 0 aliphatic carbocycles. The van der Waals surface area contributed by atoms with Gasteiger partial charge in [0.05, 0.1) is 16.4 Å². The molecule has 164 valence electrons. The monoisotopic (exact) mass is 445 g/mol. The van der Waals surface area contributed by atoms with Crippen LogP contribution < -0.4 is 10.5 Å². The van der Waals surface area contributed by atoms with Crippen LogP contribution in [0, 0.1) is 0 Å². The average molecular weight is 446 g/mol. The number of fused-ring (bicyclic) bond motifs is 2. The standard InChI is InChI=1S/C25H27N5OS/c1-28-24(31)20-8-3-5-10-22(20)27-25(28)32-18-6-13-29-14-16-30(17-15-29)23-12-11-19-7-2-4-9-21(19)26-23/h2-5,7-12H,6,13-18H2,1H3. The van der Waals surface area contributed by atoms with Gasteiger partial charge in [-0.3, -0.25) is 14.3 Å². The van der Waals surface area contributed by atoms with Crippen LogP contribution in [-0.2, 0) is 7.05 Å². The molecule has 4 aromatic rings. The summed E-state index contributed by atoms with van der Waals surface area (Å²) in [6, 6.07) is 20.1. The van der Waals surface area contributed by atoms with Gasteiger partial charge in [-0.05, 0) is 43.3 Å². The summed E-state index contributed by atoms with van der Waals surface area (Å²) in [5.74, 6) is 2.02. The lowest BCUT2D eigenvalue weighted by molar-refractivity contribution is 0.258. The highest BCUT2D eigenvalue weighted by atomic mass is 32.2. The predicted molar refractivity (Wildman–Crippen MR) is 133 cm³/mol. The van der Waals surface area contributed by atoms with Gasteiger partial charge in [0.15, 0.2) is 5.16 Å². The predicted octanol–water partition coefficient (Wildman–Crippen LogP) is 3.79. The molecule has 0 bridgehead atoms. The summed E-state index contributed by atoms with van der Waals surface area (Å²) in [4.78, 5) is 27.0. The van der Waals surface area contributed by atoms with Gasteiger partial charge in [0.25, 0.3) is 5.56 Å². The number of hydrogen-bond donors (Lipinski definition) is 0. The third-order valence-electron chi connectivity index (χ3n) is 6.07. The van der Waals surface area contributed by atoms with E-state index in [4.69, 9.17) is 4.98 Å². The minimum Gasteiger partial charge on any atom is -0.354 e. The zero-order valence-corrected chi connectivity index (χ0v) is 19.1. The highest BCUT2D eigenvalue weighted by Gasteiger charge is 2.18. The Morgan fingerprint density at radius 1 is 0.875 bits per heavy atom. The first-order chi connectivity index (χ1) is 15.7. The Morgan fingerprint density at radius 2 is 1.62 bits per heavy atom. The van der Waals surface area contributed by atoms with Crippen molar-refractivity contribution in [2.24, 2.45) is 7.05 Å². The van der Waals surface area contributed by atoms with Crippen LogP contribution in [0.15, 0.2) is 70.6 Å². The van der Waals surface area contributed by atoms with Gasteiger partial charge in [-0.1, -0.05) is 42.1 Å². The molecule has 7 heteroatoms. The second-order valence-electron chi connectivity index (χ2n) is 8.17. The molecule has 5 rings (SSSR count). The van der Waals surface area contributed by atoms with E-state index in [1.807, 2.05) is 37.4 Å². The molecule has 0 radical (unpaired) electrons. The summed E-state index contributed by atoms with van der Waals surface area (Å²) in [5, 5.41) is 2.66. The maximum atomic E-state index is 12.5. The number of thioether (sulfide) groups is 1. The molecule has 0 saturated carbocycles. The van der Waals surface area contributed by atoms with E-state index in [1.54, 1.807) is 16.3 Å². The van der Waals surface area contributed by atoms with Crippen LogP contribution >= 0.6 is 11.8 Å². The Kier molecular flexibility index (Phi) is 6.10. The fraction of sp³-hybridized carbons (Fsp3) is 0.320. The summed E-state index contributed by atoms with van der Waals surface area (Å²) in [6.07, 6.45) is 1.07. The molecular weight excluding hydrogens is 418 g/mol. The van der Waals surface area contributed by atoms with Crippen LogP contribution in [-0.4, -0.2) is 57.9 Å². The van der Waals surface area contributed by atoms with E-state index in [0.29, 0.717) is 5.39 Å². The molecule has 1 fully saturated rings. The second kappa shape index (κ2) is 9.30. The molecule has 2 aromatic carbocycles. The molecule has 1 saturated heterocycles. The van der Waals surface area contributed by atoms with Crippen molar-refractivity contribution in [3.63, 3.8) is 0 Å². The maximum Gasteiger partial charge on any atom is 0.261 e. The fourth-order valence-electron chi connectivity index (χ4n) is 4.21. The average Bonchev–Trinajstić information content (AvgIpc) is 2.85. The van der Waals surface area contributed by atoms with Gasteiger partial charge in [0, 0.05) is 44.4 Å². The van der Waals surface area contributed by atoms with Crippen LogP contribution in [0.4, 0.5) is 5.82 Å². The van der Waals surface area contributed by atoms with Crippen LogP contribution in [0.2, 0.25) is 0 Å². The number of rotatable bonds is 6. The fourth-order valence-corrected chi connectivity index (χ4v) is 5.11. The van der Waals surface area contributed by atoms with E-state index in [9.17, 15) is 4.79 Å². The lowest BCUT2D eigenvalue weighted by Crippen LogP contribution is -2.47. The van der Waals surface area contributed by atoms with Gasteiger partial charge < -0.3 is 4.90 Å². The smallest absolute Gasteiger partial charge is 0.261 e. The Bertz CT molecular complexity index is 1300. The lowest BCUT2D eigenvalue weighted by Gasteiger charge is -2.35. The molecule has 2 aromatic heterocycles. The van der Waals surface area contributed by atoms with Crippen molar-refractivity contribution < 1.29 is 0 Å². The molecule has 6 nitrogen and oxygen atoms in total. The van der Waals surface area contributed by atoms with Crippen LogP contribution in [0.1, 0.15) is 6.42 Å². The van der Waals surface area contributed by atoms with Gasteiger partial charge in [-0.2, -0.15) is 0 Å². The van der Waals surface area contributed by atoms with Crippen molar-refractivity contribution in [2.75, 3.05) is 43.4 Å². The van der Waals surface area contributed by atoms with Crippen molar-refractivity contribution >= 4 is 39.4 Å². The molecule has 0 atom stereocenters. The molecular formula is C25H27N5OS. The molecule has 1 aliphatic rings. The van der Waals surface area contributed by atoms with Gasteiger partial charge in [0.2, 0.25) is 0 Å². The molecule has 32 heavy (non-hydrogen) atoms. The number of hydrogen-bond acceptors (Lipinski definition) is 6. The van der Waals surface area contributed by atoms with Gasteiger partial charge in [0.1, 0.15) is 5.82 Å². The van der Waals surface area contributed by atoms with Crippen LogP contribution in [0.3, 0.4) is 0 Å². The van der Waals surface area contributed by atoms with Crippen LogP contribution in [0.5, 0.6) is 0 Å². The molecule has 0 amide bonds. The first-order valence-corrected chi connectivity index (χ1v) is 12.1. The number of para-hydroxylation sites is 2. The molecule has 3 heterocycles. The largest absolute Gasteiger partial charge is 0.354 e. The van der Waals surface area contributed by atoms with Crippen molar-refractivity contribution in [1.82, 2.24) is 19.4 Å². The lowest BCUT2D eigenvalue weighted by atomic mass is 10.2. The Hall–Kier alpha value is -2.90. The normalized spacial score (nSPS) is 15.0. The van der Waals surface area contributed by atoms with Crippen molar-refractivity contribution in [1.29, 1.82) is 0 Å². The summed E-state index contributed by atoms with van der Waals surface area (Å²) < 4.78 is 1.67. The van der Waals surface area contributed by atoms with Crippen molar-refractivity contribution in [2.45, 2.75) is 11.6 Å². The summed E-state index contributed by atoms with van der Waals surface area (Å²) in [5.41, 5.74) is 1.86. The van der Waals surface area contributed by atoms with E-state index in [0.717, 1.165) is 66.9 Å². The molecule has 0 N–H and O–H groups in total. The number of anilines is 1. The highest BCUT2D eigenvalue weighted by Crippen LogP contribution is 2.20. The van der Waals surface area contributed by atoms with E-state index < -0.39 is 0 Å². The SMILES string of the molecule is Cn1c(SCCCN2CCN(c3ccc4ccccc4n3)CC2)nc2ccccc2c1=O. The van der Waals surface area contributed by atoms with E-state index in [1.165, 1.54) is 5.39 Å². The molecule has 1 aliphatic heterocycles. The second-order valence-corrected chi connectivity index (χ2v) is 9.23. The Labute approximate surface area is 191 Å². The number of piperazine rings is 1. The Morgan fingerprint density at radius 3 is 2.47 bits per heavy atom. The number of aromatic nitrogens is 3. The number of pyridine rings is 1. The van der Waals surface area contributed by atoms with Crippen LogP contribution in [0.25, 0.3) is 21.8 Å².